The molecular weight excluding hydrogens is 593 g/mol. The first-order chi connectivity index (χ1) is 24.3. The van der Waals surface area contributed by atoms with Crippen LogP contribution in [0.4, 0.5) is 0 Å². The fourth-order valence-corrected chi connectivity index (χ4v) is 6.97. The zero-order chi connectivity index (χ0) is 32.6. The Kier molecular flexibility index (Phi) is 7.18. The predicted octanol–water partition coefficient (Wildman–Crippen LogP) is 12.5. The van der Waals surface area contributed by atoms with E-state index in [2.05, 4.69) is 187 Å². The van der Waals surface area contributed by atoms with Gasteiger partial charge in [0.1, 0.15) is 0 Å². The minimum atomic E-state index is 0.967. The monoisotopic (exact) mass is 624 g/mol. The standard InChI is InChI=1S/C47H32N2/c1-3-13-35(14-4-1)44-31-40(32-45(48-44)36-15-5-2-6-16-36)38-18-11-17-37(29-38)33-25-27-34(28-26-33)39-19-12-20-41(30-39)49-46-23-9-7-21-42(46)43-22-8-10-24-47(43)49/h1-32H. The van der Waals surface area contributed by atoms with Crippen LogP contribution in [0.15, 0.2) is 194 Å². The van der Waals surface area contributed by atoms with Crippen molar-refractivity contribution in [3.8, 4) is 61.6 Å². The van der Waals surface area contributed by atoms with Crippen molar-refractivity contribution < 1.29 is 0 Å². The van der Waals surface area contributed by atoms with Gasteiger partial charge in [-0.3, -0.25) is 0 Å². The molecule has 2 heterocycles. The molecule has 230 valence electrons. The molecule has 0 aliphatic carbocycles. The second-order valence-electron chi connectivity index (χ2n) is 12.4. The van der Waals surface area contributed by atoms with Gasteiger partial charge in [0, 0.05) is 27.6 Å². The third kappa shape index (κ3) is 5.40. The maximum Gasteiger partial charge on any atom is 0.0715 e. The summed E-state index contributed by atoms with van der Waals surface area (Å²) in [6, 6.07) is 69.2. The van der Waals surface area contributed by atoms with E-state index in [1.807, 2.05) is 12.1 Å². The predicted molar refractivity (Wildman–Crippen MR) is 206 cm³/mol. The number of fused-ring (bicyclic) bond motifs is 3. The molecule has 0 saturated carbocycles. The van der Waals surface area contributed by atoms with Crippen molar-refractivity contribution in [2.24, 2.45) is 0 Å². The van der Waals surface area contributed by atoms with Crippen molar-refractivity contribution in [2.45, 2.75) is 0 Å². The summed E-state index contributed by atoms with van der Waals surface area (Å²) in [6.45, 7) is 0. The fraction of sp³-hybridized carbons (Fsp3) is 0. The molecule has 2 heteroatoms. The first kappa shape index (κ1) is 28.7. The Morgan fingerprint density at radius 2 is 0.714 bits per heavy atom. The lowest BCUT2D eigenvalue weighted by Gasteiger charge is -2.12. The molecule has 0 aliphatic rings. The molecule has 0 spiro atoms. The van der Waals surface area contributed by atoms with E-state index in [1.165, 1.54) is 44.1 Å². The van der Waals surface area contributed by atoms with Crippen LogP contribution in [-0.2, 0) is 0 Å². The van der Waals surface area contributed by atoms with Gasteiger partial charge in [-0.15, -0.1) is 0 Å². The van der Waals surface area contributed by atoms with Gasteiger partial charge in [-0.05, 0) is 75.8 Å². The van der Waals surface area contributed by atoms with Crippen LogP contribution in [0.25, 0.3) is 83.4 Å². The van der Waals surface area contributed by atoms with Crippen molar-refractivity contribution in [1.82, 2.24) is 9.55 Å². The van der Waals surface area contributed by atoms with Gasteiger partial charge in [-0.2, -0.15) is 0 Å². The summed E-state index contributed by atoms with van der Waals surface area (Å²) < 4.78 is 2.37. The number of pyridine rings is 1. The van der Waals surface area contributed by atoms with Crippen LogP contribution in [0.3, 0.4) is 0 Å². The van der Waals surface area contributed by atoms with E-state index in [-0.39, 0.29) is 0 Å². The Balaban J connectivity index is 1.06. The molecule has 49 heavy (non-hydrogen) atoms. The lowest BCUT2D eigenvalue weighted by Crippen LogP contribution is -1.94. The minimum Gasteiger partial charge on any atom is -0.309 e. The number of para-hydroxylation sites is 2. The molecule has 0 atom stereocenters. The lowest BCUT2D eigenvalue weighted by atomic mass is 9.95. The summed E-state index contributed by atoms with van der Waals surface area (Å²) in [4.78, 5) is 5.07. The minimum absolute atomic E-state index is 0.967. The van der Waals surface area contributed by atoms with Gasteiger partial charge in [0.2, 0.25) is 0 Å². The van der Waals surface area contributed by atoms with Gasteiger partial charge in [0.15, 0.2) is 0 Å². The average molecular weight is 625 g/mol. The number of aromatic nitrogens is 2. The molecule has 9 aromatic rings. The summed E-state index contributed by atoms with van der Waals surface area (Å²) in [7, 11) is 0. The molecule has 2 aromatic heterocycles. The molecule has 0 aliphatic heterocycles. The van der Waals surface area contributed by atoms with E-state index >= 15 is 0 Å². The van der Waals surface area contributed by atoms with E-state index in [9.17, 15) is 0 Å². The summed E-state index contributed by atoms with van der Waals surface area (Å²) in [5.41, 5.74) is 14.8. The third-order valence-corrected chi connectivity index (χ3v) is 9.40. The molecule has 0 bridgehead atoms. The number of rotatable bonds is 6. The fourth-order valence-electron chi connectivity index (χ4n) is 6.97. The maximum atomic E-state index is 5.07. The summed E-state index contributed by atoms with van der Waals surface area (Å²) >= 11 is 0. The van der Waals surface area contributed by atoms with Crippen molar-refractivity contribution in [3.05, 3.63) is 194 Å². The van der Waals surface area contributed by atoms with Crippen molar-refractivity contribution in [2.75, 3.05) is 0 Å². The van der Waals surface area contributed by atoms with E-state index in [4.69, 9.17) is 4.98 Å². The SMILES string of the molecule is c1ccc(-c2cc(-c3cccc(-c4ccc(-c5cccc(-n6c7ccccc7c7ccccc76)c5)cc4)c3)cc(-c3ccccc3)n2)cc1. The maximum absolute atomic E-state index is 5.07. The van der Waals surface area contributed by atoms with Gasteiger partial charge in [0.05, 0.1) is 22.4 Å². The van der Waals surface area contributed by atoms with Crippen molar-refractivity contribution in [1.29, 1.82) is 0 Å². The quantitative estimate of drug-likeness (QED) is 0.180. The average Bonchev–Trinajstić information content (AvgIpc) is 3.53. The highest BCUT2D eigenvalue weighted by molar-refractivity contribution is 6.09. The molecule has 2 nitrogen and oxygen atoms in total. The Morgan fingerprint density at radius 3 is 1.27 bits per heavy atom. The first-order valence-corrected chi connectivity index (χ1v) is 16.7. The number of nitrogens with zero attached hydrogens (tertiary/aromatic N) is 2. The van der Waals surface area contributed by atoms with Gasteiger partial charge in [0.25, 0.3) is 0 Å². The molecule has 0 amide bonds. The Labute approximate surface area is 286 Å². The highest BCUT2D eigenvalue weighted by atomic mass is 15.0. The largest absolute Gasteiger partial charge is 0.309 e. The molecule has 0 radical (unpaired) electrons. The van der Waals surface area contributed by atoms with E-state index in [0.29, 0.717) is 0 Å². The van der Waals surface area contributed by atoms with E-state index < -0.39 is 0 Å². The van der Waals surface area contributed by atoms with Crippen LogP contribution < -0.4 is 0 Å². The van der Waals surface area contributed by atoms with Gasteiger partial charge < -0.3 is 4.57 Å². The summed E-state index contributed by atoms with van der Waals surface area (Å²) in [5.74, 6) is 0. The molecule has 0 saturated heterocycles. The summed E-state index contributed by atoms with van der Waals surface area (Å²) in [5, 5.41) is 2.55. The van der Waals surface area contributed by atoms with Crippen LogP contribution in [0, 0.1) is 0 Å². The number of hydrogen-bond donors (Lipinski definition) is 0. The van der Waals surface area contributed by atoms with E-state index in [1.54, 1.807) is 0 Å². The Bertz CT molecular complexity index is 2470. The van der Waals surface area contributed by atoms with Crippen LogP contribution in [0.1, 0.15) is 0 Å². The normalized spacial score (nSPS) is 11.3. The zero-order valence-corrected chi connectivity index (χ0v) is 26.9. The summed E-state index contributed by atoms with van der Waals surface area (Å²) in [6.07, 6.45) is 0. The Hall–Kier alpha value is -6.51. The second-order valence-corrected chi connectivity index (χ2v) is 12.4. The lowest BCUT2D eigenvalue weighted by molar-refractivity contribution is 1.18. The topological polar surface area (TPSA) is 17.8 Å². The molecule has 0 N–H and O–H groups in total. The van der Waals surface area contributed by atoms with Gasteiger partial charge in [-0.25, -0.2) is 4.98 Å². The molecular formula is C47H32N2. The van der Waals surface area contributed by atoms with Crippen LogP contribution >= 0.6 is 0 Å². The molecule has 0 unspecified atom stereocenters. The highest BCUT2D eigenvalue weighted by Gasteiger charge is 2.13. The third-order valence-electron chi connectivity index (χ3n) is 9.40. The second kappa shape index (κ2) is 12.3. The van der Waals surface area contributed by atoms with E-state index in [0.717, 1.165) is 39.3 Å². The molecule has 7 aromatic carbocycles. The van der Waals surface area contributed by atoms with Crippen molar-refractivity contribution >= 4 is 21.8 Å². The van der Waals surface area contributed by atoms with Crippen LogP contribution in [0.2, 0.25) is 0 Å². The molecule has 0 fully saturated rings. The van der Waals surface area contributed by atoms with Crippen LogP contribution in [-0.4, -0.2) is 9.55 Å². The smallest absolute Gasteiger partial charge is 0.0715 e. The van der Waals surface area contributed by atoms with Gasteiger partial charge in [-0.1, -0.05) is 152 Å². The first-order valence-electron chi connectivity index (χ1n) is 16.7. The van der Waals surface area contributed by atoms with Crippen molar-refractivity contribution in [3.63, 3.8) is 0 Å². The van der Waals surface area contributed by atoms with Gasteiger partial charge >= 0.3 is 0 Å². The number of hydrogen-bond acceptors (Lipinski definition) is 1. The molecule has 9 rings (SSSR count). The Morgan fingerprint density at radius 1 is 0.286 bits per heavy atom. The highest BCUT2D eigenvalue weighted by Crippen LogP contribution is 2.35. The zero-order valence-electron chi connectivity index (χ0n) is 26.9. The number of benzene rings is 7. The van der Waals surface area contributed by atoms with Crippen LogP contribution in [0.5, 0.6) is 0 Å².